The number of aryl methyl sites for hydroxylation is 1. The lowest BCUT2D eigenvalue weighted by molar-refractivity contribution is -0.123. The first kappa shape index (κ1) is 23.5. The molecule has 0 unspecified atom stereocenters. The van der Waals surface area contributed by atoms with Gasteiger partial charge in [0.15, 0.2) is 0 Å². The SMILES string of the molecule is Cc1nc(CN(c2cc(C#CC(C)(C)C)sc2C(=O)O)C(=O)[C@H]2CC[C@H](C)CC2)cs1. The Labute approximate surface area is 192 Å². The lowest BCUT2D eigenvalue weighted by Crippen LogP contribution is -2.38. The number of carbonyl (C=O) groups excluding carboxylic acids is 1. The van der Waals surface area contributed by atoms with Crippen LogP contribution in [-0.4, -0.2) is 22.0 Å². The molecule has 0 bridgehead atoms. The molecule has 0 spiro atoms. The Bertz CT molecular complexity index is 1010. The Kier molecular flexibility index (Phi) is 7.23. The van der Waals surface area contributed by atoms with Gasteiger partial charge in [0.1, 0.15) is 4.88 Å². The second kappa shape index (κ2) is 9.54. The number of aromatic carboxylic acids is 1. The molecule has 1 saturated carbocycles. The number of hydrogen-bond donors (Lipinski definition) is 1. The van der Waals surface area contributed by atoms with Gasteiger partial charge >= 0.3 is 5.97 Å². The Balaban J connectivity index is 2.01. The van der Waals surface area contributed by atoms with E-state index in [0.29, 0.717) is 16.5 Å². The number of anilines is 1. The molecule has 166 valence electrons. The third-order valence-electron chi connectivity index (χ3n) is 5.38. The van der Waals surface area contributed by atoms with Crippen molar-refractivity contribution in [3.63, 3.8) is 0 Å². The molecule has 0 atom stereocenters. The average molecular weight is 459 g/mol. The van der Waals surface area contributed by atoms with Crippen LogP contribution in [0, 0.1) is 36.0 Å². The highest BCUT2D eigenvalue weighted by Gasteiger charge is 2.32. The molecule has 3 rings (SSSR count). The van der Waals surface area contributed by atoms with Crippen LogP contribution in [0.2, 0.25) is 0 Å². The predicted molar refractivity (Wildman–Crippen MR) is 127 cm³/mol. The minimum absolute atomic E-state index is 0.00631. The Hall–Kier alpha value is -2.17. The molecule has 1 amide bonds. The molecule has 31 heavy (non-hydrogen) atoms. The smallest absolute Gasteiger partial charge is 0.348 e. The van der Waals surface area contributed by atoms with E-state index in [-0.39, 0.29) is 28.7 Å². The minimum atomic E-state index is -1.03. The van der Waals surface area contributed by atoms with Crippen molar-refractivity contribution >= 4 is 40.2 Å². The summed E-state index contributed by atoms with van der Waals surface area (Å²) in [4.78, 5) is 32.6. The van der Waals surface area contributed by atoms with Crippen LogP contribution in [0.4, 0.5) is 5.69 Å². The fourth-order valence-corrected chi connectivity index (χ4v) is 5.16. The third kappa shape index (κ3) is 6.18. The average Bonchev–Trinajstić information content (AvgIpc) is 3.30. The normalized spacial score (nSPS) is 18.9. The molecule has 5 nitrogen and oxygen atoms in total. The van der Waals surface area contributed by atoms with E-state index in [1.54, 1.807) is 11.0 Å². The van der Waals surface area contributed by atoms with E-state index in [4.69, 9.17) is 0 Å². The number of carbonyl (C=O) groups is 2. The number of carboxylic acids is 1. The van der Waals surface area contributed by atoms with Crippen LogP contribution in [0.5, 0.6) is 0 Å². The highest BCUT2D eigenvalue weighted by molar-refractivity contribution is 7.15. The van der Waals surface area contributed by atoms with Crippen molar-refractivity contribution in [2.24, 2.45) is 17.3 Å². The maximum absolute atomic E-state index is 13.6. The van der Waals surface area contributed by atoms with Crippen molar-refractivity contribution in [2.75, 3.05) is 4.90 Å². The van der Waals surface area contributed by atoms with E-state index >= 15 is 0 Å². The number of aromatic nitrogens is 1. The van der Waals surface area contributed by atoms with Crippen LogP contribution in [0.1, 0.15) is 78.6 Å². The molecular formula is C24H30N2O3S2. The number of carboxylic acid groups (broad SMARTS) is 1. The number of rotatable bonds is 5. The monoisotopic (exact) mass is 458 g/mol. The van der Waals surface area contributed by atoms with Crippen LogP contribution in [0.25, 0.3) is 0 Å². The summed E-state index contributed by atoms with van der Waals surface area (Å²) in [5.41, 5.74) is 1.02. The van der Waals surface area contributed by atoms with Gasteiger partial charge in [0.25, 0.3) is 0 Å². The van der Waals surface area contributed by atoms with Gasteiger partial charge in [-0.1, -0.05) is 18.8 Å². The number of thiophene rings is 1. The van der Waals surface area contributed by atoms with E-state index in [1.165, 1.54) is 11.3 Å². The van der Waals surface area contributed by atoms with Crippen molar-refractivity contribution in [1.82, 2.24) is 4.98 Å². The molecule has 0 aliphatic heterocycles. The molecule has 2 aromatic heterocycles. The lowest BCUT2D eigenvalue weighted by Gasteiger charge is -2.30. The zero-order valence-electron chi connectivity index (χ0n) is 18.8. The number of thiazole rings is 1. The maximum Gasteiger partial charge on any atom is 0.348 e. The second-order valence-electron chi connectivity index (χ2n) is 9.37. The third-order valence-corrected chi connectivity index (χ3v) is 7.23. The van der Waals surface area contributed by atoms with E-state index in [2.05, 4.69) is 23.7 Å². The van der Waals surface area contributed by atoms with Crippen molar-refractivity contribution in [3.8, 4) is 11.8 Å². The standard InChI is InChI=1S/C24H30N2O3S2/c1-15-6-8-17(9-7-15)22(27)26(13-18-14-30-16(2)25-18)20-12-19(10-11-24(3,4)5)31-21(20)23(28)29/h12,14-15,17H,6-9,13H2,1-5H3,(H,28,29)/t15-,17-. The van der Waals surface area contributed by atoms with Crippen LogP contribution in [-0.2, 0) is 11.3 Å². The summed E-state index contributed by atoms with van der Waals surface area (Å²) in [6.07, 6.45) is 3.74. The zero-order valence-corrected chi connectivity index (χ0v) is 20.5. The van der Waals surface area contributed by atoms with Crippen molar-refractivity contribution in [2.45, 2.75) is 66.8 Å². The van der Waals surface area contributed by atoms with Gasteiger partial charge in [-0.15, -0.1) is 22.7 Å². The van der Waals surface area contributed by atoms with E-state index < -0.39 is 5.97 Å². The minimum Gasteiger partial charge on any atom is -0.477 e. The Morgan fingerprint density at radius 1 is 1.26 bits per heavy atom. The van der Waals surface area contributed by atoms with Crippen LogP contribution >= 0.6 is 22.7 Å². The molecule has 2 heterocycles. The summed E-state index contributed by atoms with van der Waals surface area (Å²) in [6.45, 7) is 10.5. The summed E-state index contributed by atoms with van der Waals surface area (Å²) >= 11 is 2.66. The Morgan fingerprint density at radius 3 is 2.48 bits per heavy atom. The van der Waals surface area contributed by atoms with Crippen molar-refractivity contribution in [1.29, 1.82) is 0 Å². The Morgan fingerprint density at radius 2 is 1.94 bits per heavy atom. The molecular weight excluding hydrogens is 428 g/mol. The molecule has 0 aromatic carbocycles. The van der Waals surface area contributed by atoms with E-state index in [9.17, 15) is 14.7 Å². The molecule has 0 saturated heterocycles. The fraction of sp³-hybridized carbons (Fsp3) is 0.542. The van der Waals surface area contributed by atoms with Gasteiger partial charge in [0, 0.05) is 16.7 Å². The lowest BCUT2D eigenvalue weighted by atomic mass is 9.82. The quantitative estimate of drug-likeness (QED) is 0.561. The topological polar surface area (TPSA) is 70.5 Å². The largest absolute Gasteiger partial charge is 0.477 e. The number of nitrogens with zero attached hydrogens (tertiary/aromatic N) is 2. The van der Waals surface area contributed by atoms with Gasteiger partial charge in [-0.25, -0.2) is 9.78 Å². The predicted octanol–water partition coefficient (Wildman–Crippen LogP) is 5.97. The van der Waals surface area contributed by atoms with Gasteiger partial charge in [0.05, 0.1) is 27.8 Å². The van der Waals surface area contributed by atoms with Crippen LogP contribution < -0.4 is 4.90 Å². The summed E-state index contributed by atoms with van der Waals surface area (Å²) < 4.78 is 0. The summed E-state index contributed by atoms with van der Waals surface area (Å²) in [7, 11) is 0. The van der Waals surface area contributed by atoms with Gasteiger partial charge in [-0.05, 0) is 65.4 Å². The van der Waals surface area contributed by atoms with E-state index in [1.807, 2.05) is 33.1 Å². The van der Waals surface area contributed by atoms with Gasteiger partial charge in [-0.2, -0.15) is 0 Å². The second-order valence-corrected chi connectivity index (χ2v) is 11.5. The van der Waals surface area contributed by atoms with Crippen molar-refractivity contribution in [3.05, 3.63) is 31.9 Å². The first-order valence-electron chi connectivity index (χ1n) is 10.7. The number of amides is 1. The van der Waals surface area contributed by atoms with Gasteiger partial charge in [-0.3, -0.25) is 4.79 Å². The molecule has 1 fully saturated rings. The van der Waals surface area contributed by atoms with Gasteiger partial charge < -0.3 is 10.0 Å². The maximum atomic E-state index is 13.6. The highest BCUT2D eigenvalue weighted by Crippen LogP contribution is 2.36. The summed E-state index contributed by atoms with van der Waals surface area (Å²) in [5, 5.41) is 12.7. The van der Waals surface area contributed by atoms with Crippen molar-refractivity contribution < 1.29 is 14.7 Å². The molecule has 1 aliphatic rings. The molecule has 0 radical (unpaired) electrons. The van der Waals surface area contributed by atoms with E-state index in [0.717, 1.165) is 47.7 Å². The molecule has 1 aliphatic carbocycles. The molecule has 2 aromatic rings. The first-order chi connectivity index (χ1) is 14.5. The highest BCUT2D eigenvalue weighted by atomic mass is 32.1. The summed E-state index contributed by atoms with van der Waals surface area (Å²) in [5.74, 6) is 5.77. The zero-order chi connectivity index (χ0) is 22.8. The first-order valence-corrected chi connectivity index (χ1v) is 12.4. The molecule has 1 N–H and O–H groups in total. The molecule has 7 heteroatoms. The summed E-state index contributed by atoms with van der Waals surface area (Å²) in [6, 6.07) is 1.76. The van der Waals surface area contributed by atoms with Crippen LogP contribution in [0.15, 0.2) is 11.4 Å². The van der Waals surface area contributed by atoms with Gasteiger partial charge in [0.2, 0.25) is 5.91 Å². The fourth-order valence-electron chi connectivity index (χ4n) is 3.70. The van der Waals surface area contributed by atoms with Crippen LogP contribution in [0.3, 0.4) is 0 Å². The number of hydrogen-bond acceptors (Lipinski definition) is 5.